The molecule has 0 unspecified atom stereocenters. The van der Waals surface area contributed by atoms with Crippen molar-refractivity contribution in [3.8, 4) is 11.4 Å². The zero-order valence-corrected chi connectivity index (χ0v) is 16.3. The molecule has 0 N–H and O–H groups in total. The quantitative estimate of drug-likeness (QED) is 0.451. The molecular formula is C17H8BrCl2N3OS. The maximum Gasteiger partial charge on any atom is 0.291 e. The van der Waals surface area contributed by atoms with Crippen molar-refractivity contribution in [3.63, 3.8) is 0 Å². The summed E-state index contributed by atoms with van der Waals surface area (Å²) in [4.78, 5) is 17.6. The van der Waals surface area contributed by atoms with Gasteiger partial charge in [-0.2, -0.15) is 9.50 Å². The lowest BCUT2D eigenvalue weighted by Gasteiger charge is -1.97. The average molecular weight is 453 g/mol. The number of nitrogens with zero attached hydrogens (tertiary/aromatic N) is 3. The van der Waals surface area contributed by atoms with Gasteiger partial charge in [-0.05, 0) is 35.9 Å². The molecule has 4 nitrogen and oxygen atoms in total. The van der Waals surface area contributed by atoms with E-state index in [0.29, 0.717) is 25.4 Å². The smallest absolute Gasteiger partial charge is 0.266 e. The highest BCUT2D eigenvalue weighted by atomic mass is 79.9. The molecule has 0 saturated heterocycles. The summed E-state index contributed by atoms with van der Waals surface area (Å²) in [6.45, 7) is 0. The summed E-state index contributed by atoms with van der Waals surface area (Å²) in [5.41, 5.74) is 1.35. The van der Waals surface area contributed by atoms with Gasteiger partial charge in [0.2, 0.25) is 4.96 Å². The fourth-order valence-corrected chi connectivity index (χ4v) is 3.94. The Balaban J connectivity index is 1.81. The fourth-order valence-electron chi connectivity index (χ4n) is 2.31. The van der Waals surface area contributed by atoms with E-state index in [1.807, 2.05) is 24.3 Å². The third kappa shape index (κ3) is 3.22. The van der Waals surface area contributed by atoms with Crippen LogP contribution in [0, 0.1) is 0 Å². The van der Waals surface area contributed by atoms with E-state index < -0.39 is 0 Å². The van der Waals surface area contributed by atoms with Gasteiger partial charge in [-0.1, -0.05) is 68.7 Å². The Labute approximate surface area is 164 Å². The zero-order valence-electron chi connectivity index (χ0n) is 12.4. The molecule has 4 rings (SSSR count). The van der Waals surface area contributed by atoms with Crippen LogP contribution < -0.4 is 10.1 Å². The van der Waals surface area contributed by atoms with Crippen molar-refractivity contribution in [3.05, 3.63) is 77.4 Å². The first-order chi connectivity index (χ1) is 12.0. The first-order valence-electron chi connectivity index (χ1n) is 7.13. The highest BCUT2D eigenvalue weighted by Gasteiger charge is 2.12. The highest BCUT2D eigenvalue weighted by molar-refractivity contribution is 9.10. The zero-order chi connectivity index (χ0) is 17.6. The summed E-state index contributed by atoms with van der Waals surface area (Å²) in [6, 6.07) is 12.7. The Kier molecular flexibility index (Phi) is 4.37. The standard InChI is InChI=1S/C17H8BrCl2N3OS/c18-11-4-1-9(2-5-11)15-21-17-23(22-15)16(24)14(25-17)7-10-3-6-12(19)8-13(10)20/h1-8H/b14-7-. The monoisotopic (exact) mass is 451 g/mol. The summed E-state index contributed by atoms with van der Waals surface area (Å²) in [5, 5.41) is 5.36. The summed E-state index contributed by atoms with van der Waals surface area (Å²) in [6.07, 6.45) is 1.72. The molecular weight excluding hydrogens is 445 g/mol. The molecule has 2 heterocycles. The van der Waals surface area contributed by atoms with Crippen molar-refractivity contribution in [1.82, 2.24) is 14.6 Å². The van der Waals surface area contributed by atoms with Crippen LogP contribution in [0.3, 0.4) is 0 Å². The first kappa shape index (κ1) is 16.7. The third-order valence-electron chi connectivity index (χ3n) is 3.53. The van der Waals surface area contributed by atoms with Gasteiger partial charge in [0, 0.05) is 20.1 Å². The molecule has 0 bridgehead atoms. The summed E-state index contributed by atoms with van der Waals surface area (Å²) in [5.74, 6) is 0.520. The van der Waals surface area contributed by atoms with Crippen molar-refractivity contribution in [2.24, 2.45) is 0 Å². The Bertz CT molecular complexity index is 1200. The van der Waals surface area contributed by atoms with E-state index in [0.717, 1.165) is 15.6 Å². The van der Waals surface area contributed by atoms with Crippen LogP contribution >= 0.6 is 50.5 Å². The largest absolute Gasteiger partial charge is 0.291 e. The Hall–Kier alpha value is -1.73. The second kappa shape index (κ2) is 6.53. The third-order valence-corrected chi connectivity index (χ3v) is 5.58. The Morgan fingerprint density at radius 1 is 1.12 bits per heavy atom. The predicted molar refractivity (Wildman–Crippen MR) is 106 cm³/mol. The number of benzene rings is 2. The van der Waals surface area contributed by atoms with Crippen LogP contribution in [0.1, 0.15) is 5.56 Å². The van der Waals surface area contributed by atoms with Crippen LogP contribution in [0.15, 0.2) is 51.7 Å². The second-order valence-electron chi connectivity index (χ2n) is 5.22. The molecule has 0 atom stereocenters. The van der Waals surface area contributed by atoms with Crippen LogP contribution in [-0.2, 0) is 0 Å². The van der Waals surface area contributed by atoms with E-state index in [1.54, 1.807) is 24.3 Å². The molecule has 2 aromatic carbocycles. The van der Waals surface area contributed by atoms with Gasteiger partial charge in [-0.25, -0.2) is 0 Å². The molecule has 0 saturated carbocycles. The van der Waals surface area contributed by atoms with Gasteiger partial charge in [-0.15, -0.1) is 5.10 Å². The van der Waals surface area contributed by atoms with Gasteiger partial charge < -0.3 is 0 Å². The first-order valence-corrected chi connectivity index (χ1v) is 9.50. The molecule has 2 aromatic heterocycles. The van der Waals surface area contributed by atoms with Crippen LogP contribution in [0.4, 0.5) is 0 Å². The molecule has 0 radical (unpaired) electrons. The molecule has 0 spiro atoms. The predicted octanol–water partition coefficient (Wildman–Crippen LogP) is 4.44. The van der Waals surface area contributed by atoms with Gasteiger partial charge in [0.15, 0.2) is 5.82 Å². The van der Waals surface area contributed by atoms with E-state index in [9.17, 15) is 4.79 Å². The van der Waals surface area contributed by atoms with Crippen LogP contribution in [0.25, 0.3) is 22.4 Å². The number of hydrogen-bond acceptors (Lipinski definition) is 4. The maximum absolute atomic E-state index is 12.6. The van der Waals surface area contributed by atoms with E-state index in [4.69, 9.17) is 23.2 Å². The molecule has 8 heteroatoms. The van der Waals surface area contributed by atoms with E-state index in [1.165, 1.54) is 15.9 Å². The van der Waals surface area contributed by atoms with E-state index in [-0.39, 0.29) is 5.56 Å². The lowest BCUT2D eigenvalue weighted by molar-refractivity contribution is 0.937. The Morgan fingerprint density at radius 3 is 2.56 bits per heavy atom. The number of thiazole rings is 1. The Morgan fingerprint density at radius 2 is 1.88 bits per heavy atom. The van der Waals surface area contributed by atoms with Crippen molar-refractivity contribution in [2.45, 2.75) is 0 Å². The molecule has 0 amide bonds. The number of rotatable bonds is 2. The summed E-state index contributed by atoms with van der Waals surface area (Å²) < 4.78 is 2.80. The minimum absolute atomic E-state index is 0.220. The number of aromatic nitrogens is 3. The number of fused-ring (bicyclic) bond motifs is 1. The maximum atomic E-state index is 12.6. The van der Waals surface area contributed by atoms with Crippen molar-refractivity contribution in [2.75, 3.05) is 0 Å². The summed E-state index contributed by atoms with van der Waals surface area (Å²) in [7, 11) is 0. The average Bonchev–Trinajstić information content (AvgIpc) is 3.11. The minimum Gasteiger partial charge on any atom is -0.266 e. The lowest BCUT2D eigenvalue weighted by atomic mass is 10.2. The fraction of sp³-hybridized carbons (Fsp3) is 0. The minimum atomic E-state index is -0.220. The number of halogens is 3. The van der Waals surface area contributed by atoms with Crippen LogP contribution in [0.2, 0.25) is 10.0 Å². The van der Waals surface area contributed by atoms with Crippen LogP contribution in [-0.4, -0.2) is 14.6 Å². The molecule has 124 valence electrons. The topological polar surface area (TPSA) is 47.3 Å². The lowest BCUT2D eigenvalue weighted by Crippen LogP contribution is -2.23. The second-order valence-corrected chi connectivity index (χ2v) is 7.99. The number of hydrogen-bond donors (Lipinski definition) is 0. The molecule has 4 aromatic rings. The van der Waals surface area contributed by atoms with Gasteiger partial charge in [0.25, 0.3) is 5.56 Å². The van der Waals surface area contributed by atoms with Gasteiger partial charge in [-0.3, -0.25) is 4.79 Å². The molecule has 25 heavy (non-hydrogen) atoms. The van der Waals surface area contributed by atoms with Gasteiger partial charge in [0.05, 0.1) is 4.53 Å². The van der Waals surface area contributed by atoms with Gasteiger partial charge in [0.1, 0.15) is 0 Å². The van der Waals surface area contributed by atoms with Crippen molar-refractivity contribution < 1.29 is 0 Å². The highest BCUT2D eigenvalue weighted by Crippen LogP contribution is 2.22. The molecule has 0 aliphatic heterocycles. The van der Waals surface area contributed by atoms with Crippen molar-refractivity contribution >= 4 is 61.5 Å². The van der Waals surface area contributed by atoms with Crippen LogP contribution in [0.5, 0.6) is 0 Å². The normalized spacial score (nSPS) is 12.2. The van der Waals surface area contributed by atoms with E-state index in [2.05, 4.69) is 26.0 Å². The summed E-state index contributed by atoms with van der Waals surface area (Å²) >= 11 is 16.7. The SMILES string of the molecule is O=c1/c(=C/c2ccc(Cl)cc2Cl)sc2nc(-c3ccc(Br)cc3)nn12. The van der Waals surface area contributed by atoms with Gasteiger partial charge >= 0.3 is 0 Å². The van der Waals surface area contributed by atoms with Crippen molar-refractivity contribution in [1.29, 1.82) is 0 Å². The molecule has 0 aliphatic carbocycles. The molecule has 0 fully saturated rings. The molecule has 0 aliphatic rings. The van der Waals surface area contributed by atoms with E-state index >= 15 is 0 Å².